The topological polar surface area (TPSA) is 92.5 Å². The molecule has 4 rings (SSSR count). The summed E-state index contributed by atoms with van der Waals surface area (Å²) in [7, 11) is -3.93. The Morgan fingerprint density at radius 2 is 1.93 bits per heavy atom. The van der Waals surface area contributed by atoms with Crippen LogP contribution >= 0.6 is 0 Å². The highest BCUT2D eigenvalue weighted by Gasteiger charge is 2.49. The lowest BCUT2D eigenvalue weighted by atomic mass is 10.2. The predicted molar refractivity (Wildman–Crippen MR) is 95.3 cm³/mol. The molecule has 0 atom stereocenters. The van der Waals surface area contributed by atoms with Gasteiger partial charge in [-0.3, -0.25) is 9.78 Å². The Hall–Kier alpha value is -2.85. The zero-order valence-electron chi connectivity index (χ0n) is 14.4. The van der Waals surface area contributed by atoms with Crippen LogP contribution in [0.3, 0.4) is 0 Å². The van der Waals surface area contributed by atoms with Crippen LogP contribution in [0.5, 0.6) is 0 Å². The number of hydrogen-bond acceptors (Lipinski definition) is 5. The van der Waals surface area contributed by atoms with E-state index in [-0.39, 0.29) is 17.2 Å². The summed E-state index contributed by atoms with van der Waals surface area (Å²) < 4.78 is 56.5. The summed E-state index contributed by atoms with van der Waals surface area (Å²) in [5, 5.41) is 3.43. The lowest BCUT2D eigenvalue weighted by molar-refractivity contribution is -0.0945. The number of alkyl halides is 2. The number of rotatable bonds is 5. The van der Waals surface area contributed by atoms with Crippen molar-refractivity contribution in [1.29, 1.82) is 0 Å². The third-order valence-corrected chi connectivity index (χ3v) is 6.18. The normalized spacial score (nSPS) is 16.6. The Morgan fingerprint density at radius 1 is 1.21 bits per heavy atom. The van der Waals surface area contributed by atoms with Crippen molar-refractivity contribution in [3.63, 3.8) is 0 Å². The van der Waals surface area contributed by atoms with Crippen molar-refractivity contribution in [3.05, 3.63) is 60.1 Å². The van der Waals surface area contributed by atoms with Gasteiger partial charge in [0.25, 0.3) is 11.8 Å². The number of aromatic nitrogens is 1. The van der Waals surface area contributed by atoms with E-state index >= 15 is 0 Å². The maximum atomic E-state index is 12.9. The van der Waals surface area contributed by atoms with Gasteiger partial charge in [0.05, 0.1) is 24.2 Å². The number of sulfonamides is 1. The van der Waals surface area contributed by atoms with E-state index in [1.165, 1.54) is 30.5 Å². The number of nitrogens with zero attached hydrogens (tertiary/aromatic N) is 2. The third-order valence-electron chi connectivity index (χ3n) is 4.38. The number of pyridine rings is 1. The van der Waals surface area contributed by atoms with Crippen molar-refractivity contribution < 1.29 is 26.4 Å². The van der Waals surface area contributed by atoms with Crippen LogP contribution in [-0.4, -0.2) is 42.6 Å². The van der Waals surface area contributed by atoms with Crippen LogP contribution in [0.25, 0.3) is 11.0 Å². The molecule has 1 N–H and O–H groups in total. The lowest BCUT2D eigenvalue weighted by Gasteiger charge is -2.37. The number of benzene rings is 1. The molecule has 1 saturated heterocycles. The largest absolute Gasteiger partial charge is 0.449 e. The van der Waals surface area contributed by atoms with Gasteiger partial charge in [-0.2, -0.15) is 4.31 Å². The molecule has 10 heteroatoms. The second kappa shape index (κ2) is 6.64. The van der Waals surface area contributed by atoms with Gasteiger partial charge in [0.1, 0.15) is 0 Å². The fraction of sp³-hybridized carbons (Fsp3) is 0.222. The maximum Gasteiger partial charge on any atom is 0.287 e. The first-order valence-electron chi connectivity index (χ1n) is 8.33. The number of fused-ring (bicyclic) bond motifs is 1. The molecule has 0 spiro atoms. The van der Waals surface area contributed by atoms with Crippen molar-refractivity contribution in [2.75, 3.05) is 13.1 Å². The molecule has 3 aromatic rings. The van der Waals surface area contributed by atoms with Gasteiger partial charge in [0.15, 0.2) is 11.3 Å². The molecule has 0 radical (unpaired) electrons. The molecular formula is C18H15F2N3O4S. The Kier molecular flexibility index (Phi) is 4.39. The van der Waals surface area contributed by atoms with Gasteiger partial charge >= 0.3 is 0 Å². The number of furan rings is 1. The average Bonchev–Trinajstić information content (AvgIpc) is 3.09. The smallest absolute Gasteiger partial charge is 0.287 e. The molecule has 1 aliphatic heterocycles. The highest BCUT2D eigenvalue weighted by Crippen LogP contribution is 2.32. The minimum absolute atomic E-state index is 0.0668. The van der Waals surface area contributed by atoms with Crippen molar-refractivity contribution in [1.82, 2.24) is 14.6 Å². The van der Waals surface area contributed by atoms with Crippen LogP contribution < -0.4 is 5.32 Å². The molecule has 7 nitrogen and oxygen atoms in total. The Bertz CT molecular complexity index is 1100. The van der Waals surface area contributed by atoms with E-state index in [1.54, 1.807) is 18.3 Å². The molecule has 0 unspecified atom stereocenters. The average molecular weight is 407 g/mol. The first kappa shape index (κ1) is 18.5. The minimum atomic E-state index is -3.93. The summed E-state index contributed by atoms with van der Waals surface area (Å²) in [5.74, 6) is -3.25. The second-order valence-corrected chi connectivity index (χ2v) is 8.42. The number of nitrogens with one attached hydrogen (secondary N) is 1. The van der Waals surface area contributed by atoms with Crippen LogP contribution in [0.4, 0.5) is 8.78 Å². The Morgan fingerprint density at radius 3 is 2.57 bits per heavy atom. The maximum absolute atomic E-state index is 12.9. The highest BCUT2D eigenvalue weighted by molar-refractivity contribution is 7.89. The summed E-state index contributed by atoms with van der Waals surface area (Å²) >= 11 is 0. The van der Waals surface area contributed by atoms with E-state index in [0.29, 0.717) is 11.1 Å². The number of halogens is 2. The number of amides is 1. The SMILES string of the molecule is O=C(NCc1ccc(S(=O)(=O)N2CC(F)(F)C2)cc1)c1cc2ccncc2o1. The van der Waals surface area contributed by atoms with Gasteiger partial charge in [-0.25, -0.2) is 17.2 Å². The molecule has 1 amide bonds. The predicted octanol–water partition coefficient (Wildman–Crippen LogP) is 2.40. The van der Waals surface area contributed by atoms with E-state index in [4.69, 9.17) is 4.42 Å². The first-order chi connectivity index (χ1) is 13.2. The standard InChI is InChI=1S/C18H15F2N3O4S/c19-18(20)10-23(11-18)28(25,26)14-3-1-12(2-4-14)8-22-17(24)15-7-13-5-6-21-9-16(13)27-15/h1-7,9H,8,10-11H2,(H,22,24). The van der Waals surface area contributed by atoms with Crippen LogP contribution in [0.1, 0.15) is 16.1 Å². The van der Waals surface area contributed by atoms with Gasteiger partial charge in [-0.15, -0.1) is 0 Å². The van der Waals surface area contributed by atoms with E-state index < -0.39 is 34.9 Å². The number of carbonyl (C=O) groups is 1. The molecule has 0 aliphatic carbocycles. The summed E-state index contributed by atoms with van der Waals surface area (Å²) in [6, 6.07) is 9.04. The molecule has 1 fully saturated rings. The van der Waals surface area contributed by atoms with Crippen molar-refractivity contribution in [2.24, 2.45) is 0 Å². The minimum Gasteiger partial charge on any atom is -0.449 e. The molecule has 28 heavy (non-hydrogen) atoms. The Balaban J connectivity index is 1.40. The number of hydrogen-bond donors (Lipinski definition) is 1. The van der Waals surface area contributed by atoms with E-state index in [0.717, 1.165) is 9.69 Å². The lowest BCUT2D eigenvalue weighted by Crippen LogP contribution is -2.58. The van der Waals surface area contributed by atoms with Gasteiger partial charge in [-0.05, 0) is 29.8 Å². The summed E-state index contributed by atoms with van der Waals surface area (Å²) in [6.45, 7) is -1.46. The van der Waals surface area contributed by atoms with Crippen LogP contribution in [0.2, 0.25) is 0 Å². The first-order valence-corrected chi connectivity index (χ1v) is 9.77. The number of carbonyl (C=O) groups excluding carboxylic acids is 1. The molecule has 2 aromatic heterocycles. The molecule has 3 heterocycles. The molecule has 1 aliphatic rings. The molecule has 1 aromatic carbocycles. The summed E-state index contributed by atoms with van der Waals surface area (Å²) in [4.78, 5) is 16.1. The van der Waals surface area contributed by atoms with Crippen molar-refractivity contribution in [2.45, 2.75) is 17.4 Å². The van der Waals surface area contributed by atoms with Gasteiger partial charge in [0, 0.05) is 18.1 Å². The highest BCUT2D eigenvalue weighted by atomic mass is 32.2. The van der Waals surface area contributed by atoms with E-state index in [2.05, 4.69) is 10.3 Å². The molecule has 0 saturated carbocycles. The molecule has 146 valence electrons. The molecular weight excluding hydrogens is 392 g/mol. The fourth-order valence-electron chi connectivity index (χ4n) is 2.83. The van der Waals surface area contributed by atoms with Crippen molar-refractivity contribution in [3.8, 4) is 0 Å². The van der Waals surface area contributed by atoms with Crippen LogP contribution in [0.15, 0.2) is 58.1 Å². The van der Waals surface area contributed by atoms with E-state index in [9.17, 15) is 22.0 Å². The second-order valence-electron chi connectivity index (χ2n) is 6.48. The van der Waals surface area contributed by atoms with Gasteiger partial charge in [-0.1, -0.05) is 12.1 Å². The van der Waals surface area contributed by atoms with Gasteiger partial charge < -0.3 is 9.73 Å². The zero-order valence-corrected chi connectivity index (χ0v) is 15.2. The Labute approximate surface area is 159 Å². The van der Waals surface area contributed by atoms with E-state index in [1.807, 2.05) is 0 Å². The summed E-state index contributed by atoms with van der Waals surface area (Å²) in [6.07, 6.45) is 3.11. The zero-order chi connectivity index (χ0) is 19.9. The van der Waals surface area contributed by atoms with Crippen molar-refractivity contribution >= 4 is 26.9 Å². The summed E-state index contributed by atoms with van der Waals surface area (Å²) in [5.41, 5.74) is 1.15. The third kappa shape index (κ3) is 3.48. The molecule has 0 bridgehead atoms. The van der Waals surface area contributed by atoms with Gasteiger partial charge in [0.2, 0.25) is 10.0 Å². The van der Waals surface area contributed by atoms with Crippen LogP contribution in [0, 0.1) is 0 Å². The monoisotopic (exact) mass is 407 g/mol. The fourth-order valence-corrected chi connectivity index (χ4v) is 4.33. The van der Waals surface area contributed by atoms with Crippen LogP contribution in [-0.2, 0) is 16.6 Å². The quantitative estimate of drug-likeness (QED) is 0.701.